The van der Waals surface area contributed by atoms with Crippen LogP contribution in [-0.2, 0) is 13.2 Å². The Morgan fingerprint density at radius 2 is 2.04 bits per heavy atom. The number of hydrogen-bond acceptors (Lipinski definition) is 4. The molecular weight excluding hydrogens is 377 g/mol. The molecule has 0 aliphatic rings. The number of nitrogens with one attached hydrogen (secondary N) is 1. The summed E-state index contributed by atoms with van der Waals surface area (Å²) in [7, 11) is 1.41. The number of benzene rings is 1. The summed E-state index contributed by atoms with van der Waals surface area (Å²) in [5, 5.41) is 6.57. The van der Waals surface area contributed by atoms with Gasteiger partial charge in [0.2, 0.25) is 0 Å². The lowest BCUT2D eigenvalue weighted by Crippen LogP contribution is -2.11. The number of carbonyl (C=O) groups is 1. The summed E-state index contributed by atoms with van der Waals surface area (Å²) in [6, 6.07) is 7.44. The van der Waals surface area contributed by atoms with Crippen LogP contribution in [0, 0.1) is 0 Å². The second-order valence-corrected chi connectivity index (χ2v) is 6.44. The first-order valence-electron chi connectivity index (χ1n) is 6.89. The number of halogens is 4. The van der Waals surface area contributed by atoms with Crippen LogP contribution in [-0.4, -0.2) is 20.7 Å². The van der Waals surface area contributed by atoms with Crippen molar-refractivity contribution >= 4 is 34.0 Å². The number of alkyl halides is 3. The standard InChI is InChI=1S/C15H10ClF3N4OS/c1-23-10(6-12(22-23)15(17,18)19)11-7-20-14(25-11)21-13(24)8-4-2-3-5-9(8)16/h2-7H,1H3,(H,20,21,24). The van der Waals surface area contributed by atoms with Gasteiger partial charge in [0, 0.05) is 13.2 Å². The largest absolute Gasteiger partial charge is 0.435 e. The van der Waals surface area contributed by atoms with Crippen LogP contribution in [0.15, 0.2) is 36.5 Å². The Morgan fingerprint density at radius 1 is 1.32 bits per heavy atom. The van der Waals surface area contributed by atoms with E-state index in [1.165, 1.54) is 13.2 Å². The van der Waals surface area contributed by atoms with Crippen LogP contribution >= 0.6 is 22.9 Å². The highest BCUT2D eigenvalue weighted by Gasteiger charge is 2.34. The fourth-order valence-electron chi connectivity index (χ4n) is 2.10. The fraction of sp³-hybridized carbons (Fsp3) is 0.133. The molecule has 2 aromatic heterocycles. The molecule has 0 unspecified atom stereocenters. The average molecular weight is 387 g/mol. The third-order valence-electron chi connectivity index (χ3n) is 3.27. The van der Waals surface area contributed by atoms with Crippen molar-refractivity contribution in [1.29, 1.82) is 0 Å². The van der Waals surface area contributed by atoms with Gasteiger partial charge in [-0.3, -0.25) is 14.8 Å². The second-order valence-electron chi connectivity index (χ2n) is 5.00. The lowest BCUT2D eigenvalue weighted by Gasteiger charge is -2.03. The van der Waals surface area contributed by atoms with E-state index in [9.17, 15) is 18.0 Å². The normalized spacial score (nSPS) is 11.6. The van der Waals surface area contributed by atoms with Crippen LogP contribution < -0.4 is 5.32 Å². The average Bonchev–Trinajstić information content (AvgIpc) is 3.13. The molecule has 0 atom stereocenters. The smallest absolute Gasteiger partial charge is 0.298 e. The zero-order valence-corrected chi connectivity index (χ0v) is 14.2. The minimum atomic E-state index is -4.53. The monoisotopic (exact) mass is 386 g/mol. The predicted octanol–water partition coefficient (Wildman–Crippen LogP) is 4.47. The van der Waals surface area contributed by atoms with Gasteiger partial charge in [0.15, 0.2) is 10.8 Å². The Hall–Kier alpha value is -2.39. The summed E-state index contributed by atoms with van der Waals surface area (Å²) in [5.41, 5.74) is -0.455. The van der Waals surface area contributed by atoms with E-state index in [1.54, 1.807) is 24.3 Å². The van der Waals surface area contributed by atoms with Crippen LogP contribution in [0.25, 0.3) is 10.6 Å². The Morgan fingerprint density at radius 3 is 2.68 bits per heavy atom. The first-order chi connectivity index (χ1) is 11.8. The van der Waals surface area contributed by atoms with Crippen LogP contribution in [0.1, 0.15) is 16.1 Å². The Bertz CT molecular complexity index is 935. The van der Waals surface area contributed by atoms with Crippen molar-refractivity contribution in [3.63, 3.8) is 0 Å². The number of hydrogen-bond donors (Lipinski definition) is 1. The fourth-order valence-corrected chi connectivity index (χ4v) is 3.18. The van der Waals surface area contributed by atoms with Gasteiger partial charge in [-0.05, 0) is 18.2 Å². The van der Waals surface area contributed by atoms with Gasteiger partial charge in [0.1, 0.15) is 0 Å². The number of rotatable bonds is 3. The number of amides is 1. The Labute approximate surface area is 149 Å². The molecule has 1 N–H and O–H groups in total. The molecule has 25 heavy (non-hydrogen) atoms. The zero-order chi connectivity index (χ0) is 18.2. The zero-order valence-electron chi connectivity index (χ0n) is 12.6. The molecule has 3 aromatic rings. The molecule has 0 aliphatic carbocycles. The van der Waals surface area contributed by atoms with E-state index in [0.717, 1.165) is 22.1 Å². The first-order valence-corrected chi connectivity index (χ1v) is 8.08. The van der Waals surface area contributed by atoms with Gasteiger partial charge in [-0.15, -0.1) is 0 Å². The van der Waals surface area contributed by atoms with Crippen LogP contribution in [0.3, 0.4) is 0 Å². The molecule has 130 valence electrons. The number of thiazole rings is 1. The number of nitrogens with zero attached hydrogens (tertiary/aromatic N) is 3. The van der Waals surface area contributed by atoms with Crippen LogP contribution in [0.4, 0.5) is 18.3 Å². The van der Waals surface area contributed by atoms with Gasteiger partial charge in [-0.25, -0.2) is 4.98 Å². The van der Waals surface area contributed by atoms with Crippen molar-refractivity contribution in [2.45, 2.75) is 6.18 Å². The van der Waals surface area contributed by atoms with Crippen LogP contribution in [0.5, 0.6) is 0 Å². The first kappa shape index (κ1) is 17.4. The molecule has 0 saturated carbocycles. The van der Waals surface area contributed by atoms with Gasteiger partial charge in [-0.1, -0.05) is 35.1 Å². The van der Waals surface area contributed by atoms with Crippen LogP contribution in [0.2, 0.25) is 5.02 Å². The third kappa shape index (κ3) is 3.67. The predicted molar refractivity (Wildman–Crippen MR) is 88.7 cm³/mol. The number of carbonyl (C=O) groups excluding carboxylic acids is 1. The number of aromatic nitrogens is 3. The van der Waals surface area contributed by atoms with E-state index in [-0.39, 0.29) is 16.4 Å². The maximum atomic E-state index is 12.7. The minimum absolute atomic E-state index is 0.245. The Balaban J connectivity index is 1.83. The molecular formula is C15H10ClF3N4OS. The molecule has 0 bridgehead atoms. The summed E-state index contributed by atoms with van der Waals surface area (Å²) in [4.78, 5) is 16.7. The van der Waals surface area contributed by atoms with E-state index in [4.69, 9.17) is 11.6 Å². The highest BCUT2D eigenvalue weighted by molar-refractivity contribution is 7.19. The topological polar surface area (TPSA) is 59.8 Å². The summed E-state index contributed by atoms with van der Waals surface area (Å²) >= 11 is 7.00. The molecule has 1 aromatic carbocycles. The molecule has 0 saturated heterocycles. The lowest BCUT2D eigenvalue weighted by molar-refractivity contribution is -0.141. The molecule has 0 radical (unpaired) electrons. The lowest BCUT2D eigenvalue weighted by atomic mass is 10.2. The van der Waals surface area contributed by atoms with Gasteiger partial charge < -0.3 is 0 Å². The third-order valence-corrected chi connectivity index (χ3v) is 4.53. The van der Waals surface area contributed by atoms with Crippen molar-refractivity contribution < 1.29 is 18.0 Å². The van der Waals surface area contributed by atoms with Crippen molar-refractivity contribution in [3.05, 3.63) is 52.8 Å². The van der Waals surface area contributed by atoms with E-state index in [0.29, 0.717) is 9.90 Å². The van der Waals surface area contributed by atoms with Gasteiger partial charge in [-0.2, -0.15) is 18.3 Å². The van der Waals surface area contributed by atoms with E-state index in [2.05, 4.69) is 15.4 Å². The molecule has 3 rings (SSSR count). The Kier molecular flexibility index (Phi) is 4.53. The summed E-state index contributed by atoms with van der Waals surface area (Å²) in [6.07, 6.45) is -3.15. The van der Waals surface area contributed by atoms with Crippen molar-refractivity contribution in [2.24, 2.45) is 7.05 Å². The molecule has 0 aliphatic heterocycles. The van der Waals surface area contributed by atoms with Gasteiger partial charge in [0.05, 0.1) is 21.2 Å². The quantitative estimate of drug-likeness (QED) is 0.722. The highest BCUT2D eigenvalue weighted by atomic mass is 35.5. The number of anilines is 1. The molecule has 1 amide bonds. The van der Waals surface area contributed by atoms with Crippen molar-refractivity contribution in [1.82, 2.24) is 14.8 Å². The number of aryl methyl sites for hydroxylation is 1. The molecule has 0 spiro atoms. The summed E-state index contributed by atoms with van der Waals surface area (Å²) in [6.45, 7) is 0. The van der Waals surface area contributed by atoms with Gasteiger partial charge >= 0.3 is 6.18 Å². The SMILES string of the molecule is Cn1nc(C(F)(F)F)cc1-c1cnc(NC(=O)c2ccccc2Cl)s1. The van der Waals surface area contributed by atoms with Gasteiger partial charge in [0.25, 0.3) is 5.91 Å². The van der Waals surface area contributed by atoms with Crippen molar-refractivity contribution in [3.8, 4) is 10.6 Å². The summed E-state index contributed by atoms with van der Waals surface area (Å²) in [5.74, 6) is -0.451. The molecule has 10 heteroatoms. The van der Waals surface area contributed by atoms with E-state index < -0.39 is 17.8 Å². The minimum Gasteiger partial charge on any atom is -0.298 e. The van der Waals surface area contributed by atoms with Crippen molar-refractivity contribution in [2.75, 3.05) is 5.32 Å². The maximum Gasteiger partial charge on any atom is 0.435 e. The molecule has 0 fully saturated rings. The highest BCUT2D eigenvalue weighted by Crippen LogP contribution is 2.34. The van der Waals surface area contributed by atoms with E-state index >= 15 is 0 Å². The molecule has 5 nitrogen and oxygen atoms in total. The summed E-state index contributed by atoms with van der Waals surface area (Å²) < 4.78 is 39.3. The maximum absolute atomic E-state index is 12.7. The molecule has 2 heterocycles. The van der Waals surface area contributed by atoms with E-state index in [1.807, 2.05) is 0 Å². The second kappa shape index (κ2) is 6.49.